The van der Waals surface area contributed by atoms with E-state index in [4.69, 9.17) is 16.3 Å². The predicted molar refractivity (Wildman–Crippen MR) is 83.0 cm³/mol. The molecule has 1 heterocycles. The molecule has 1 N–H and O–H groups in total. The van der Waals surface area contributed by atoms with Crippen LogP contribution in [0.4, 0.5) is 0 Å². The first-order valence-electron chi connectivity index (χ1n) is 7.03. The van der Waals surface area contributed by atoms with Gasteiger partial charge in [-0.05, 0) is 31.2 Å². The molecule has 2 rings (SSSR count). The lowest BCUT2D eigenvalue weighted by Gasteiger charge is -2.31. The van der Waals surface area contributed by atoms with Crippen molar-refractivity contribution in [3.63, 3.8) is 0 Å². The Bertz CT molecular complexity index is 592. The van der Waals surface area contributed by atoms with E-state index in [2.05, 4.69) is 5.32 Å². The monoisotopic (exact) mass is 332 g/mol. The molecule has 21 heavy (non-hydrogen) atoms. The Kier molecular flexibility index (Phi) is 5.62. The summed E-state index contributed by atoms with van der Waals surface area (Å²) in [7, 11) is -1.69. The normalized spacial score (nSPS) is 20.6. The number of benzene rings is 1. The van der Waals surface area contributed by atoms with Crippen LogP contribution in [0.1, 0.15) is 18.9 Å². The second kappa shape index (κ2) is 7.07. The third kappa shape index (κ3) is 3.76. The Hall–Kier alpha value is -0.660. The minimum absolute atomic E-state index is 0.0347. The highest BCUT2D eigenvalue weighted by molar-refractivity contribution is 7.89. The molecule has 5 nitrogen and oxygen atoms in total. The van der Waals surface area contributed by atoms with Crippen molar-refractivity contribution in [1.82, 2.24) is 9.62 Å². The van der Waals surface area contributed by atoms with Gasteiger partial charge in [0.05, 0.1) is 17.6 Å². The molecule has 1 aromatic carbocycles. The maximum absolute atomic E-state index is 12.7. The topological polar surface area (TPSA) is 58.6 Å². The lowest BCUT2D eigenvalue weighted by atomic mass is 10.2. The summed E-state index contributed by atoms with van der Waals surface area (Å²) in [5.41, 5.74) is 0.881. The van der Waals surface area contributed by atoms with Crippen molar-refractivity contribution in [2.75, 3.05) is 26.7 Å². The van der Waals surface area contributed by atoms with E-state index in [1.165, 1.54) is 10.4 Å². The second-order valence-electron chi connectivity index (χ2n) is 5.05. The number of hydrogen-bond acceptors (Lipinski definition) is 4. The Labute approximate surface area is 131 Å². The molecule has 1 aromatic rings. The van der Waals surface area contributed by atoms with E-state index in [1.807, 2.05) is 14.0 Å². The molecule has 118 valence electrons. The van der Waals surface area contributed by atoms with Crippen LogP contribution in [0.3, 0.4) is 0 Å². The van der Waals surface area contributed by atoms with Crippen LogP contribution in [0.2, 0.25) is 5.02 Å². The minimum atomic E-state index is -3.51. The molecular formula is C14H21ClN2O3S. The molecule has 1 atom stereocenters. The summed E-state index contributed by atoms with van der Waals surface area (Å²) in [5.74, 6) is 0. The van der Waals surface area contributed by atoms with Gasteiger partial charge in [0.1, 0.15) is 0 Å². The molecule has 0 radical (unpaired) electrons. The fraction of sp³-hybridized carbons (Fsp3) is 0.571. The van der Waals surface area contributed by atoms with Crippen molar-refractivity contribution in [2.45, 2.75) is 30.9 Å². The zero-order valence-corrected chi connectivity index (χ0v) is 13.9. The van der Waals surface area contributed by atoms with E-state index in [-0.39, 0.29) is 11.0 Å². The number of ether oxygens (including phenoxy) is 1. The number of nitrogens with zero attached hydrogens (tertiary/aromatic N) is 1. The molecule has 1 saturated heterocycles. The van der Waals surface area contributed by atoms with Gasteiger partial charge in [-0.25, -0.2) is 8.42 Å². The molecule has 1 fully saturated rings. The minimum Gasteiger partial charge on any atom is -0.375 e. The summed E-state index contributed by atoms with van der Waals surface area (Å²) < 4.78 is 32.3. The summed E-state index contributed by atoms with van der Waals surface area (Å²) in [4.78, 5) is 0.240. The fourth-order valence-electron chi connectivity index (χ4n) is 2.33. The standard InChI is InChI=1S/C14H21ClN2O3S/c1-3-12-10-17(6-7-20-12)21(18,19)13-5-4-11(9-16-2)14(15)8-13/h4-5,8,12,16H,3,6-7,9-10H2,1-2H3. The van der Waals surface area contributed by atoms with Crippen molar-refractivity contribution in [1.29, 1.82) is 0 Å². The van der Waals surface area contributed by atoms with Gasteiger partial charge < -0.3 is 10.1 Å². The Balaban J connectivity index is 2.25. The van der Waals surface area contributed by atoms with Crippen LogP contribution in [0, 0.1) is 0 Å². The lowest BCUT2D eigenvalue weighted by Crippen LogP contribution is -2.45. The van der Waals surface area contributed by atoms with Gasteiger partial charge in [0.25, 0.3) is 0 Å². The highest BCUT2D eigenvalue weighted by atomic mass is 35.5. The summed E-state index contributed by atoms with van der Waals surface area (Å²) in [6, 6.07) is 4.90. The van der Waals surface area contributed by atoms with E-state index in [0.29, 0.717) is 31.3 Å². The molecule has 0 saturated carbocycles. The molecular weight excluding hydrogens is 312 g/mol. The number of halogens is 1. The van der Waals surface area contributed by atoms with Gasteiger partial charge in [-0.2, -0.15) is 4.31 Å². The first-order valence-corrected chi connectivity index (χ1v) is 8.85. The molecule has 0 amide bonds. The molecule has 0 aliphatic carbocycles. The number of morpholine rings is 1. The van der Waals surface area contributed by atoms with Crippen molar-refractivity contribution >= 4 is 21.6 Å². The number of hydrogen-bond donors (Lipinski definition) is 1. The quantitative estimate of drug-likeness (QED) is 0.894. The van der Waals surface area contributed by atoms with Gasteiger partial charge in [-0.1, -0.05) is 24.6 Å². The summed E-state index contributed by atoms with van der Waals surface area (Å²) in [6.45, 7) is 3.81. The van der Waals surface area contributed by atoms with E-state index in [0.717, 1.165) is 12.0 Å². The third-order valence-electron chi connectivity index (χ3n) is 3.59. The van der Waals surface area contributed by atoms with Crippen LogP contribution in [0.5, 0.6) is 0 Å². The molecule has 0 bridgehead atoms. The van der Waals surface area contributed by atoms with Crippen molar-refractivity contribution in [3.05, 3.63) is 28.8 Å². The van der Waals surface area contributed by atoms with Crippen molar-refractivity contribution in [2.24, 2.45) is 0 Å². The summed E-state index contributed by atoms with van der Waals surface area (Å²) >= 11 is 6.16. The Morgan fingerprint density at radius 1 is 1.48 bits per heavy atom. The summed E-state index contributed by atoms with van der Waals surface area (Å²) in [6.07, 6.45) is 0.765. The molecule has 1 aliphatic heterocycles. The first kappa shape index (κ1) is 16.7. The van der Waals surface area contributed by atoms with E-state index >= 15 is 0 Å². The molecule has 7 heteroatoms. The van der Waals surface area contributed by atoms with Crippen LogP contribution in [0.25, 0.3) is 0 Å². The number of nitrogens with one attached hydrogen (secondary N) is 1. The van der Waals surface area contributed by atoms with E-state index in [1.54, 1.807) is 12.1 Å². The largest absolute Gasteiger partial charge is 0.375 e. The molecule has 1 unspecified atom stereocenters. The average Bonchev–Trinajstić information content (AvgIpc) is 2.49. The van der Waals surface area contributed by atoms with Crippen LogP contribution in [-0.4, -0.2) is 45.6 Å². The van der Waals surface area contributed by atoms with Crippen molar-refractivity contribution < 1.29 is 13.2 Å². The van der Waals surface area contributed by atoms with Gasteiger partial charge in [0.2, 0.25) is 10.0 Å². The van der Waals surface area contributed by atoms with Gasteiger partial charge in [0.15, 0.2) is 0 Å². The van der Waals surface area contributed by atoms with Crippen LogP contribution in [-0.2, 0) is 21.3 Å². The SMILES string of the molecule is CCC1CN(S(=O)(=O)c2ccc(CNC)c(Cl)c2)CCO1. The van der Waals surface area contributed by atoms with E-state index < -0.39 is 10.0 Å². The Morgan fingerprint density at radius 3 is 2.86 bits per heavy atom. The first-order chi connectivity index (χ1) is 9.98. The molecule has 1 aliphatic rings. The van der Waals surface area contributed by atoms with Gasteiger partial charge >= 0.3 is 0 Å². The fourth-order valence-corrected chi connectivity index (χ4v) is 4.12. The van der Waals surface area contributed by atoms with E-state index in [9.17, 15) is 8.42 Å². The second-order valence-corrected chi connectivity index (χ2v) is 7.39. The summed E-state index contributed by atoms with van der Waals surface area (Å²) in [5, 5.41) is 3.46. The highest BCUT2D eigenvalue weighted by Gasteiger charge is 2.30. The smallest absolute Gasteiger partial charge is 0.243 e. The zero-order chi connectivity index (χ0) is 15.5. The Morgan fingerprint density at radius 2 is 2.24 bits per heavy atom. The maximum Gasteiger partial charge on any atom is 0.243 e. The van der Waals surface area contributed by atoms with Crippen LogP contribution >= 0.6 is 11.6 Å². The maximum atomic E-state index is 12.7. The van der Waals surface area contributed by atoms with Gasteiger partial charge in [-0.15, -0.1) is 0 Å². The van der Waals surface area contributed by atoms with Crippen LogP contribution < -0.4 is 5.32 Å². The molecule has 0 aromatic heterocycles. The van der Waals surface area contributed by atoms with Gasteiger partial charge in [-0.3, -0.25) is 0 Å². The average molecular weight is 333 g/mol. The van der Waals surface area contributed by atoms with Gasteiger partial charge in [0, 0.05) is 24.7 Å². The number of rotatable bonds is 5. The van der Waals surface area contributed by atoms with Crippen LogP contribution in [0.15, 0.2) is 23.1 Å². The van der Waals surface area contributed by atoms with Crippen molar-refractivity contribution in [3.8, 4) is 0 Å². The third-order valence-corrected chi connectivity index (χ3v) is 5.80. The predicted octanol–water partition coefficient (Wildman–Crippen LogP) is 1.86. The highest BCUT2D eigenvalue weighted by Crippen LogP contribution is 2.25. The lowest BCUT2D eigenvalue weighted by molar-refractivity contribution is -0.00277. The zero-order valence-electron chi connectivity index (χ0n) is 12.3. The molecule has 0 spiro atoms. The number of sulfonamides is 1.